The van der Waals surface area contributed by atoms with Crippen molar-refractivity contribution in [2.45, 2.75) is 25.9 Å². The zero-order valence-corrected chi connectivity index (χ0v) is 15.6. The summed E-state index contributed by atoms with van der Waals surface area (Å²) in [6, 6.07) is 13.1. The highest BCUT2D eigenvalue weighted by Gasteiger charge is 2.19. The Labute approximate surface area is 161 Å². The normalized spacial score (nSPS) is 11.9. The maximum atomic E-state index is 12.6. The number of nitro groups is 1. The lowest BCUT2D eigenvalue weighted by molar-refractivity contribution is -0.384. The van der Waals surface area contributed by atoms with E-state index in [1.807, 2.05) is 13.0 Å². The van der Waals surface area contributed by atoms with Crippen LogP contribution in [0.25, 0.3) is 10.9 Å². The molecule has 0 fully saturated rings. The van der Waals surface area contributed by atoms with Crippen LogP contribution in [-0.4, -0.2) is 32.6 Å². The van der Waals surface area contributed by atoms with Crippen molar-refractivity contribution in [2.75, 3.05) is 7.05 Å². The minimum absolute atomic E-state index is 0.00544. The molecular weight excluding hydrogens is 360 g/mol. The largest absolute Gasteiger partial charge is 0.339 e. The molecule has 3 aromatic rings. The van der Waals surface area contributed by atoms with E-state index in [4.69, 9.17) is 0 Å². The molecule has 0 radical (unpaired) electrons. The molecule has 0 aliphatic rings. The third kappa shape index (κ3) is 3.90. The number of hydrogen-bond acceptors (Lipinski definition) is 5. The molecule has 3 rings (SSSR count). The third-order valence-electron chi connectivity index (χ3n) is 4.84. The van der Waals surface area contributed by atoms with Crippen molar-refractivity contribution >= 4 is 22.5 Å². The molecule has 2 aromatic carbocycles. The second-order valence-corrected chi connectivity index (χ2v) is 6.53. The summed E-state index contributed by atoms with van der Waals surface area (Å²) in [4.78, 5) is 36.6. The minimum Gasteiger partial charge on any atom is -0.339 e. The number of rotatable bonds is 6. The van der Waals surface area contributed by atoms with Gasteiger partial charge in [-0.05, 0) is 24.6 Å². The molecule has 0 spiro atoms. The highest BCUT2D eigenvalue weighted by Crippen LogP contribution is 2.23. The highest BCUT2D eigenvalue weighted by molar-refractivity contribution is 5.79. The summed E-state index contributed by atoms with van der Waals surface area (Å²) < 4.78 is 1.64. The van der Waals surface area contributed by atoms with E-state index in [0.717, 1.165) is 0 Å². The third-order valence-corrected chi connectivity index (χ3v) is 4.84. The van der Waals surface area contributed by atoms with E-state index in [9.17, 15) is 19.7 Å². The van der Waals surface area contributed by atoms with Crippen molar-refractivity contribution in [3.05, 3.63) is 80.6 Å². The molecule has 1 amide bonds. The minimum atomic E-state index is -0.453. The smallest absolute Gasteiger partial charge is 0.269 e. The number of nitro benzene ring substituents is 1. The Bertz CT molecular complexity index is 1090. The lowest BCUT2D eigenvalue weighted by Crippen LogP contribution is -2.30. The molecule has 1 heterocycles. The zero-order chi connectivity index (χ0) is 20.3. The second kappa shape index (κ2) is 7.99. The Hall–Kier alpha value is -3.55. The fraction of sp³-hybridized carbons (Fsp3) is 0.250. The summed E-state index contributed by atoms with van der Waals surface area (Å²) >= 11 is 0. The van der Waals surface area contributed by atoms with E-state index in [1.165, 1.54) is 18.3 Å². The summed E-state index contributed by atoms with van der Waals surface area (Å²) in [5, 5.41) is 15.7. The molecule has 28 heavy (non-hydrogen) atoms. The van der Waals surface area contributed by atoms with Gasteiger partial charge in [0.1, 0.15) is 0 Å². The van der Waals surface area contributed by atoms with Gasteiger partial charge in [-0.2, -0.15) is 5.10 Å². The predicted octanol–water partition coefficient (Wildman–Crippen LogP) is 2.91. The van der Waals surface area contributed by atoms with E-state index in [2.05, 4.69) is 5.10 Å². The van der Waals surface area contributed by atoms with Gasteiger partial charge in [-0.15, -0.1) is 0 Å². The van der Waals surface area contributed by atoms with Gasteiger partial charge in [0.05, 0.1) is 29.2 Å². The SMILES string of the molecule is C[C@H](c1cccc([N+](=O)[O-])c1)N(C)C(=O)CCn1ncc(=O)c2ccccc21. The monoisotopic (exact) mass is 380 g/mol. The summed E-state index contributed by atoms with van der Waals surface area (Å²) in [5.74, 6) is -0.122. The van der Waals surface area contributed by atoms with Crippen molar-refractivity contribution in [3.8, 4) is 0 Å². The van der Waals surface area contributed by atoms with Gasteiger partial charge in [0.25, 0.3) is 5.69 Å². The number of carbonyl (C=O) groups excluding carboxylic acids is 1. The molecule has 0 aliphatic carbocycles. The number of fused-ring (bicyclic) bond motifs is 1. The van der Waals surface area contributed by atoms with Crippen molar-refractivity contribution < 1.29 is 9.72 Å². The van der Waals surface area contributed by atoms with E-state index in [0.29, 0.717) is 23.0 Å². The first-order chi connectivity index (χ1) is 13.4. The van der Waals surface area contributed by atoms with Crippen LogP contribution in [0, 0.1) is 10.1 Å². The molecule has 0 N–H and O–H groups in total. The van der Waals surface area contributed by atoms with Gasteiger partial charge in [0, 0.05) is 31.0 Å². The number of aryl methyl sites for hydroxylation is 1. The number of amides is 1. The van der Waals surface area contributed by atoms with E-state index >= 15 is 0 Å². The molecule has 8 heteroatoms. The number of non-ortho nitro benzene ring substituents is 1. The van der Waals surface area contributed by atoms with Gasteiger partial charge in [-0.3, -0.25) is 24.4 Å². The highest BCUT2D eigenvalue weighted by atomic mass is 16.6. The average Bonchev–Trinajstić information content (AvgIpc) is 2.72. The Kier molecular flexibility index (Phi) is 5.49. The molecule has 0 bridgehead atoms. The maximum absolute atomic E-state index is 12.6. The van der Waals surface area contributed by atoms with Crippen molar-refractivity contribution in [1.29, 1.82) is 0 Å². The Morgan fingerprint density at radius 2 is 2.00 bits per heavy atom. The molecule has 1 atom stereocenters. The Morgan fingerprint density at radius 3 is 2.75 bits per heavy atom. The summed E-state index contributed by atoms with van der Waals surface area (Å²) in [5.41, 5.74) is 1.21. The number of aromatic nitrogens is 2. The lowest BCUT2D eigenvalue weighted by atomic mass is 10.1. The Morgan fingerprint density at radius 1 is 1.25 bits per heavy atom. The van der Waals surface area contributed by atoms with Crippen LogP contribution in [0.4, 0.5) is 5.69 Å². The molecule has 0 saturated heterocycles. The van der Waals surface area contributed by atoms with Crippen LogP contribution in [0.15, 0.2) is 59.5 Å². The fourth-order valence-electron chi connectivity index (χ4n) is 3.05. The zero-order valence-electron chi connectivity index (χ0n) is 15.6. The molecule has 0 unspecified atom stereocenters. The van der Waals surface area contributed by atoms with Crippen molar-refractivity contribution in [3.63, 3.8) is 0 Å². The summed E-state index contributed by atoms with van der Waals surface area (Å²) in [6.45, 7) is 2.15. The topological polar surface area (TPSA) is 98.3 Å². The number of hydrogen-bond donors (Lipinski definition) is 0. The van der Waals surface area contributed by atoms with Crippen LogP contribution in [0.5, 0.6) is 0 Å². The molecule has 1 aromatic heterocycles. The van der Waals surface area contributed by atoms with Crippen LogP contribution in [0.2, 0.25) is 0 Å². The Balaban J connectivity index is 1.73. The number of nitrogens with zero attached hydrogens (tertiary/aromatic N) is 4. The average molecular weight is 380 g/mol. The summed E-state index contributed by atoms with van der Waals surface area (Å²) in [6.07, 6.45) is 1.44. The van der Waals surface area contributed by atoms with Crippen molar-refractivity contribution in [2.24, 2.45) is 0 Å². The van der Waals surface area contributed by atoms with Gasteiger partial charge >= 0.3 is 0 Å². The van der Waals surface area contributed by atoms with Gasteiger partial charge in [-0.25, -0.2) is 0 Å². The lowest BCUT2D eigenvalue weighted by Gasteiger charge is -2.25. The number of para-hydroxylation sites is 1. The van der Waals surface area contributed by atoms with Crippen LogP contribution >= 0.6 is 0 Å². The predicted molar refractivity (Wildman–Crippen MR) is 105 cm³/mol. The molecule has 144 valence electrons. The number of benzene rings is 2. The van der Waals surface area contributed by atoms with Gasteiger partial charge in [0.15, 0.2) is 0 Å². The molecular formula is C20H20N4O4. The van der Waals surface area contributed by atoms with Crippen LogP contribution < -0.4 is 5.43 Å². The van der Waals surface area contributed by atoms with Gasteiger partial charge in [-0.1, -0.05) is 24.3 Å². The van der Waals surface area contributed by atoms with E-state index in [-0.39, 0.29) is 29.5 Å². The van der Waals surface area contributed by atoms with E-state index in [1.54, 1.807) is 47.0 Å². The first-order valence-electron chi connectivity index (χ1n) is 8.83. The molecule has 0 saturated carbocycles. The first-order valence-corrected chi connectivity index (χ1v) is 8.83. The summed E-state index contributed by atoms with van der Waals surface area (Å²) in [7, 11) is 1.67. The maximum Gasteiger partial charge on any atom is 0.269 e. The van der Waals surface area contributed by atoms with Crippen LogP contribution in [-0.2, 0) is 11.3 Å². The quantitative estimate of drug-likeness (QED) is 0.484. The van der Waals surface area contributed by atoms with Gasteiger partial charge < -0.3 is 4.90 Å². The first kappa shape index (κ1) is 19.2. The fourth-order valence-corrected chi connectivity index (χ4v) is 3.05. The molecule has 0 aliphatic heterocycles. The molecule has 8 nitrogen and oxygen atoms in total. The van der Waals surface area contributed by atoms with E-state index < -0.39 is 4.92 Å². The number of carbonyl (C=O) groups is 1. The van der Waals surface area contributed by atoms with Crippen LogP contribution in [0.3, 0.4) is 0 Å². The van der Waals surface area contributed by atoms with Gasteiger partial charge in [0.2, 0.25) is 11.3 Å². The standard InChI is InChI=1S/C20H20N4O4/c1-14(15-6-5-7-16(12-15)24(27)28)22(2)20(26)10-11-23-18-9-4-3-8-17(18)19(25)13-21-23/h3-9,12-14H,10-11H2,1-2H3/t14-/m1/s1. The van der Waals surface area contributed by atoms with Crippen molar-refractivity contribution in [1.82, 2.24) is 14.7 Å². The second-order valence-electron chi connectivity index (χ2n) is 6.53. The van der Waals surface area contributed by atoms with Crippen LogP contribution in [0.1, 0.15) is 24.9 Å².